The van der Waals surface area contributed by atoms with E-state index in [2.05, 4.69) is 34.2 Å². The fraction of sp³-hybridized carbons (Fsp3) is 0.167. The van der Waals surface area contributed by atoms with Gasteiger partial charge in [-0.25, -0.2) is 4.98 Å². The lowest BCUT2D eigenvalue weighted by atomic mass is 10.1. The van der Waals surface area contributed by atoms with Crippen LogP contribution < -0.4 is 0 Å². The van der Waals surface area contributed by atoms with Gasteiger partial charge in [-0.15, -0.1) is 23.1 Å². The first kappa shape index (κ1) is 10.1. The Kier molecular flexibility index (Phi) is 2.76. The number of aromatic nitrogens is 1. The summed E-state index contributed by atoms with van der Waals surface area (Å²) in [5.74, 6) is 1.11. The lowest BCUT2D eigenvalue weighted by molar-refractivity contribution is 1.17. The molecule has 0 saturated heterocycles. The van der Waals surface area contributed by atoms with E-state index in [0.29, 0.717) is 0 Å². The first-order valence-electron chi connectivity index (χ1n) is 5.11. The number of hydrogen-bond donors (Lipinski definition) is 0. The molecule has 0 unspecified atom stereocenters. The lowest BCUT2D eigenvalue weighted by Crippen LogP contribution is -1.90. The third kappa shape index (κ3) is 1.90. The van der Waals surface area contributed by atoms with E-state index in [1.807, 2.05) is 23.3 Å². The first-order chi connectivity index (χ1) is 7.93. The van der Waals surface area contributed by atoms with E-state index in [9.17, 15) is 0 Å². The van der Waals surface area contributed by atoms with Crippen molar-refractivity contribution in [2.45, 2.75) is 0 Å². The van der Waals surface area contributed by atoms with Gasteiger partial charge in [0.25, 0.3) is 0 Å². The van der Waals surface area contributed by atoms with E-state index in [4.69, 9.17) is 0 Å². The summed E-state index contributed by atoms with van der Waals surface area (Å²) in [5.41, 5.74) is 2.41. The van der Waals surface area contributed by atoms with Crippen molar-refractivity contribution in [3.05, 3.63) is 41.4 Å². The summed E-state index contributed by atoms with van der Waals surface area (Å²) in [4.78, 5) is 8.76. The number of hydrogen-bond acceptors (Lipinski definition) is 4. The van der Waals surface area contributed by atoms with Gasteiger partial charge in [0.2, 0.25) is 0 Å². The maximum Gasteiger partial charge on any atom is 0.123 e. The molecule has 1 aliphatic heterocycles. The Morgan fingerprint density at radius 2 is 1.88 bits per heavy atom. The zero-order chi connectivity index (χ0) is 10.8. The molecule has 0 atom stereocenters. The number of nitrogens with zero attached hydrogens (tertiary/aromatic N) is 2. The fourth-order valence-corrected chi connectivity index (χ4v) is 3.14. The summed E-state index contributed by atoms with van der Waals surface area (Å²) in [6.45, 7) is 0.953. The molecule has 0 bridgehead atoms. The summed E-state index contributed by atoms with van der Waals surface area (Å²) < 4.78 is 0. The molecule has 0 radical (unpaired) electrons. The predicted octanol–water partition coefficient (Wildman–Crippen LogP) is 3.30. The van der Waals surface area contributed by atoms with Gasteiger partial charge >= 0.3 is 0 Å². The van der Waals surface area contributed by atoms with Crippen molar-refractivity contribution in [2.24, 2.45) is 4.99 Å². The van der Waals surface area contributed by atoms with Crippen molar-refractivity contribution in [3.63, 3.8) is 0 Å². The SMILES string of the molecule is c1csc(-c2ccc(C3=NCCS3)cc2)n1. The Hall–Kier alpha value is -1.13. The van der Waals surface area contributed by atoms with Gasteiger partial charge < -0.3 is 0 Å². The molecule has 0 spiro atoms. The van der Waals surface area contributed by atoms with E-state index in [-0.39, 0.29) is 0 Å². The molecule has 0 fully saturated rings. The van der Waals surface area contributed by atoms with Crippen molar-refractivity contribution in [2.75, 3.05) is 12.3 Å². The zero-order valence-corrected chi connectivity index (χ0v) is 10.2. The third-order valence-corrected chi connectivity index (χ3v) is 4.24. The van der Waals surface area contributed by atoms with Gasteiger partial charge in [0.05, 0.1) is 5.04 Å². The second-order valence-electron chi connectivity index (χ2n) is 3.45. The summed E-state index contributed by atoms with van der Waals surface area (Å²) >= 11 is 3.50. The molecule has 1 aromatic heterocycles. The molecule has 0 amide bonds. The average Bonchev–Trinajstić information content (AvgIpc) is 3.03. The molecule has 1 aliphatic rings. The monoisotopic (exact) mass is 246 g/mol. The Morgan fingerprint density at radius 1 is 1.06 bits per heavy atom. The van der Waals surface area contributed by atoms with Crippen LogP contribution in [0.4, 0.5) is 0 Å². The largest absolute Gasteiger partial charge is 0.277 e. The van der Waals surface area contributed by atoms with Gasteiger partial charge in [-0.1, -0.05) is 24.3 Å². The van der Waals surface area contributed by atoms with Crippen LogP contribution in [-0.4, -0.2) is 22.3 Å². The van der Waals surface area contributed by atoms with Gasteiger partial charge in [-0.05, 0) is 0 Å². The molecular formula is C12H10N2S2. The van der Waals surface area contributed by atoms with E-state index >= 15 is 0 Å². The highest BCUT2D eigenvalue weighted by atomic mass is 32.2. The maximum atomic E-state index is 4.46. The highest BCUT2D eigenvalue weighted by Gasteiger charge is 2.09. The van der Waals surface area contributed by atoms with Crippen molar-refractivity contribution < 1.29 is 0 Å². The molecule has 3 rings (SSSR count). The number of aliphatic imine (C=N–C) groups is 1. The number of thiazole rings is 1. The Labute approximate surface area is 102 Å². The Balaban J connectivity index is 1.90. The molecule has 2 aromatic rings. The second kappa shape index (κ2) is 4.39. The molecule has 0 aliphatic carbocycles. The van der Waals surface area contributed by atoms with Gasteiger partial charge in [-0.2, -0.15) is 0 Å². The number of rotatable bonds is 2. The van der Waals surface area contributed by atoms with E-state index < -0.39 is 0 Å². The van der Waals surface area contributed by atoms with Gasteiger partial charge in [-0.3, -0.25) is 4.99 Å². The van der Waals surface area contributed by atoms with Gasteiger partial charge in [0, 0.05) is 35.0 Å². The molecule has 0 saturated carbocycles. The maximum absolute atomic E-state index is 4.46. The number of thioether (sulfide) groups is 1. The predicted molar refractivity (Wildman–Crippen MR) is 71.4 cm³/mol. The minimum Gasteiger partial charge on any atom is -0.277 e. The normalized spacial score (nSPS) is 15.1. The van der Waals surface area contributed by atoms with E-state index in [1.165, 1.54) is 16.2 Å². The lowest BCUT2D eigenvalue weighted by Gasteiger charge is -2.01. The van der Waals surface area contributed by atoms with Crippen LogP contribution in [0.1, 0.15) is 5.56 Å². The standard InChI is InChI=1S/C12H10N2S2/c1-2-10(12-14-6-8-16-12)4-3-9(1)11-13-5-7-15-11/h1-5,7H,6,8H2. The molecule has 80 valence electrons. The van der Waals surface area contributed by atoms with Crippen LogP contribution >= 0.6 is 23.1 Å². The van der Waals surface area contributed by atoms with Crippen molar-refractivity contribution in [1.82, 2.24) is 4.98 Å². The highest BCUT2D eigenvalue weighted by Crippen LogP contribution is 2.24. The fourth-order valence-electron chi connectivity index (χ4n) is 1.63. The van der Waals surface area contributed by atoms with Crippen LogP contribution in [0.5, 0.6) is 0 Å². The summed E-state index contributed by atoms with van der Waals surface area (Å²) in [5, 5.41) is 4.25. The topological polar surface area (TPSA) is 25.2 Å². The van der Waals surface area contributed by atoms with E-state index in [1.54, 1.807) is 11.3 Å². The van der Waals surface area contributed by atoms with Crippen LogP contribution in [0.3, 0.4) is 0 Å². The summed E-state index contributed by atoms with van der Waals surface area (Å²) in [6, 6.07) is 8.51. The summed E-state index contributed by atoms with van der Waals surface area (Å²) in [6.07, 6.45) is 1.84. The molecular weight excluding hydrogens is 236 g/mol. The number of benzene rings is 1. The summed E-state index contributed by atoms with van der Waals surface area (Å²) in [7, 11) is 0. The molecule has 1 aromatic carbocycles. The van der Waals surface area contributed by atoms with Crippen molar-refractivity contribution >= 4 is 28.1 Å². The Bertz CT molecular complexity index is 500. The van der Waals surface area contributed by atoms with Crippen molar-refractivity contribution in [1.29, 1.82) is 0 Å². The Morgan fingerprint density at radius 3 is 2.50 bits per heavy atom. The molecule has 2 heterocycles. The van der Waals surface area contributed by atoms with Crippen LogP contribution in [0.15, 0.2) is 40.8 Å². The molecule has 2 nitrogen and oxygen atoms in total. The molecule has 16 heavy (non-hydrogen) atoms. The van der Waals surface area contributed by atoms with Crippen LogP contribution in [-0.2, 0) is 0 Å². The molecule has 0 N–H and O–H groups in total. The van der Waals surface area contributed by atoms with Crippen LogP contribution in [0, 0.1) is 0 Å². The minimum absolute atomic E-state index is 0.953. The van der Waals surface area contributed by atoms with Crippen LogP contribution in [0.25, 0.3) is 10.6 Å². The van der Waals surface area contributed by atoms with Crippen LogP contribution in [0.2, 0.25) is 0 Å². The quantitative estimate of drug-likeness (QED) is 0.812. The smallest absolute Gasteiger partial charge is 0.123 e. The van der Waals surface area contributed by atoms with Gasteiger partial charge in [0.15, 0.2) is 0 Å². The zero-order valence-electron chi connectivity index (χ0n) is 8.59. The van der Waals surface area contributed by atoms with Crippen molar-refractivity contribution in [3.8, 4) is 10.6 Å². The van der Waals surface area contributed by atoms with E-state index in [0.717, 1.165) is 17.3 Å². The second-order valence-corrected chi connectivity index (χ2v) is 5.43. The minimum atomic E-state index is 0.953. The highest BCUT2D eigenvalue weighted by molar-refractivity contribution is 8.14. The van der Waals surface area contributed by atoms with Gasteiger partial charge in [0.1, 0.15) is 5.01 Å². The molecule has 4 heteroatoms. The average molecular weight is 246 g/mol. The third-order valence-electron chi connectivity index (χ3n) is 2.40. The first-order valence-corrected chi connectivity index (χ1v) is 6.97.